The average molecular weight is 203 g/mol. The van der Waals surface area contributed by atoms with Gasteiger partial charge in [-0.15, -0.1) is 0 Å². The lowest BCUT2D eigenvalue weighted by Gasteiger charge is -2.16. The third-order valence-corrected chi connectivity index (χ3v) is 2.35. The highest BCUT2D eigenvalue weighted by Gasteiger charge is 2.42. The van der Waals surface area contributed by atoms with Crippen molar-refractivity contribution in [2.45, 2.75) is 31.8 Å². The van der Waals surface area contributed by atoms with Crippen LogP contribution >= 0.6 is 0 Å². The molecular weight excluding hydrogens is 190 g/mol. The Morgan fingerprint density at radius 3 is 2.47 bits per heavy atom. The Morgan fingerprint density at radius 1 is 1.20 bits per heavy atom. The number of rotatable bonds is 1. The van der Waals surface area contributed by atoms with Gasteiger partial charge in [-0.25, -0.2) is 0 Å². The van der Waals surface area contributed by atoms with Gasteiger partial charge < -0.3 is 9.47 Å². The second kappa shape index (κ2) is 3.65. The van der Waals surface area contributed by atoms with E-state index in [2.05, 4.69) is 6.07 Å². The predicted octanol–water partition coefficient (Wildman–Crippen LogP) is 2.40. The van der Waals surface area contributed by atoms with Crippen LogP contribution in [-0.2, 0) is 9.47 Å². The molecular formula is C12H13NO2. The molecule has 0 unspecified atom stereocenters. The molecule has 1 heterocycles. The van der Waals surface area contributed by atoms with Crippen LogP contribution in [0.5, 0.6) is 0 Å². The molecule has 1 aromatic carbocycles. The molecule has 0 saturated carbocycles. The van der Waals surface area contributed by atoms with E-state index >= 15 is 0 Å². The molecule has 0 aromatic heterocycles. The molecule has 2 rings (SSSR count). The lowest BCUT2D eigenvalue weighted by molar-refractivity contribution is -0.143. The van der Waals surface area contributed by atoms with Crippen LogP contribution in [0, 0.1) is 11.3 Å². The summed E-state index contributed by atoms with van der Waals surface area (Å²) in [5, 5.41) is 8.97. The Balaban J connectivity index is 2.27. The van der Waals surface area contributed by atoms with E-state index in [4.69, 9.17) is 14.7 Å². The maximum atomic E-state index is 8.97. The van der Waals surface area contributed by atoms with E-state index < -0.39 is 11.9 Å². The maximum Gasteiger partial charge on any atom is 0.177 e. The minimum absolute atomic E-state index is 0.286. The molecule has 1 aromatic rings. The predicted molar refractivity (Wildman–Crippen MR) is 54.8 cm³/mol. The van der Waals surface area contributed by atoms with Gasteiger partial charge in [-0.2, -0.15) is 5.26 Å². The molecule has 0 bridgehead atoms. The first kappa shape index (κ1) is 10.2. The number of ether oxygens (including phenoxy) is 2. The highest BCUT2D eigenvalue weighted by molar-refractivity contribution is 5.22. The Morgan fingerprint density at radius 2 is 1.87 bits per heavy atom. The number of nitriles is 1. The maximum absolute atomic E-state index is 8.97. The molecule has 2 atom stereocenters. The van der Waals surface area contributed by atoms with Gasteiger partial charge in [0.1, 0.15) is 6.10 Å². The standard InChI is InChI=1S/C12H13NO2/c1-12(2)14-10(8-13)11(15-12)9-6-4-3-5-7-9/h3-7,10-11H,1-2H3/t10-,11+/m1/s1. The lowest BCUT2D eigenvalue weighted by Crippen LogP contribution is -2.20. The van der Waals surface area contributed by atoms with Crippen molar-refractivity contribution in [1.29, 1.82) is 5.26 Å². The molecule has 1 fully saturated rings. The zero-order valence-electron chi connectivity index (χ0n) is 8.81. The molecule has 0 radical (unpaired) electrons. The van der Waals surface area contributed by atoms with Crippen LogP contribution in [0.4, 0.5) is 0 Å². The fraction of sp³-hybridized carbons (Fsp3) is 0.417. The summed E-state index contributed by atoms with van der Waals surface area (Å²) in [5.41, 5.74) is 0.981. The van der Waals surface area contributed by atoms with Crippen molar-refractivity contribution < 1.29 is 9.47 Å². The van der Waals surface area contributed by atoms with Gasteiger partial charge in [0.05, 0.1) is 6.07 Å². The number of hydrogen-bond donors (Lipinski definition) is 0. The van der Waals surface area contributed by atoms with Crippen molar-refractivity contribution in [2.75, 3.05) is 0 Å². The smallest absolute Gasteiger partial charge is 0.177 e. The topological polar surface area (TPSA) is 42.2 Å². The first-order valence-electron chi connectivity index (χ1n) is 4.92. The van der Waals surface area contributed by atoms with Crippen molar-refractivity contribution >= 4 is 0 Å². The highest BCUT2D eigenvalue weighted by atomic mass is 16.7. The third kappa shape index (κ3) is 2.01. The zero-order chi connectivity index (χ0) is 10.9. The lowest BCUT2D eigenvalue weighted by atomic mass is 10.1. The van der Waals surface area contributed by atoms with Gasteiger partial charge in [0, 0.05) is 0 Å². The highest BCUT2D eigenvalue weighted by Crippen LogP contribution is 2.37. The fourth-order valence-electron chi connectivity index (χ4n) is 1.74. The molecule has 1 aliphatic rings. The molecule has 3 heteroatoms. The number of benzene rings is 1. The summed E-state index contributed by atoms with van der Waals surface area (Å²) in [6.45, 7) is 3.64. The monoisotopic (exact) mass is 203 g/mol. The summed E-state index contributed by atoms with van der Waals surface area (Å²) in [7, 11) is 0. The van der Waals surface area contributed by atoms with Crippen LogP contribution in [0.15, 0.2) is 30.3 Å². The van der Waals surface area contributed by atoms with E-state index in [-0.39, 0.29) is 6.10 Å². The Hall–Kier alpha value is -1.37. The summed E-state index contributed by atoms with van der Waals surface area (Å²) in [5.74, 6) is -0.680. The third-order valence-electron chi connectivity index (χ3n) is 2.35. The van der Waals surface area contributed by atoms with Crippen molar-refractivity contribution in [1.82, 2.24) is 0 Å². The van der Waals surface area contributed by atoms with Crippen molar-refractivity contribution in [3.05, 3.63) is 35.9 Å². The Labute approximate surface area is 89.2 Å². The van der Waals surface area contributed by atoms with E-state index in [1.165, 1.54) is 0 Å². The normalized spacial score (nSPS) is 28.6. The average Bonchev–Trinajstić information content (AvgIpc) is 2.55. The summed E-state index contributed by atoms with van der Waals surface area (Å²) < 4.78 is 11.2. The van der Waals surface area contributed by atoms with Gasteiger partial charge in [-0.05, 0) is 19.4 Å². The molecule has 1 saturated heterocycles. The van der Waals surface area contributed by atoms with E-state index in [0.717, 1.165) is 5.56 Å². The molecule has 15 heavy (non-hydrogen) atoms. The summed E-state index contributed by atoms with van der Waals surface area (Å²) >= 11 is 0. The quantitative estimate of drug-likeness (QED) is 0.703. The van der Waals surface area contributed by atoms with Crippen molar-refractivity contribution in [2.24, 2.45) is 0 Å². The molecule has 0 spiro atoms. The number of nitrogens with zero attached hydrogens (tertiary/aromatic N) is 1. The van der Waals surface area contributed by atoms with Gasteiger partial charge >= 0.3 is 0 Å². The van der Waals surface area contributed by atoms with Crippen LogP contribution in [0.2, 0.25) is 0 Å². The SMILES string of the molecule is CC1(C)O[C@H](C#N)[C@H](c2ccccc2)O1. The van der Waals surface area contributed by atoms with Crippen LogP contribution in [0.1, 0.15) is 25.5 Å². The largest absolute Gasteiger partial charge is 0.339 e. The zero-order valence-corrected chi connectivity index (χ0v) is 8.81. The summed E-state index contributed by atoms with van der Waals surface area (Å²) in [6, 6.07) is 11.8. The van der Waals surface area contributed by atoms with Crippen LogP contribution in [0.3, 0.4) is 0 Å². The summed E-state index contributed by atoms with van der Waals surface area (Å²) in [6.07, 6.45) is -0.811. The van der Waals surface area contributed by atoms with Crippen LogP contribution in [-0.4, -0.2) is 11.9 Å². The van der Waals surface area contributed by atoms with Crippen molar-refractivity contribution in [3.63, 3.8) is 0 Å². The van der Waals surface area contributed by atoms with Crippen LogP contribution < -0.4 is 0 Å². The second-order valence-electron chi connectivity index (χ2n) is 4.02. The van der Waals surface area contributed by atoms with Gasteiger partial charge in [-0.1, -0.05) is 30.3 Å². The Kier molecular flexibility index (Phi) is 2.47. The molecule has 3 nitrogen and oxygen atoms in total. The van der Waals surface area contributed by atoms with Gasteiger partial charge in [0.2, 0.25) is 0 Å². The molecule has 0 amide bonds. The van der Waals surface area contributed by atoms with E-state index in [9.17, 15) is 0 Å². The van der Waals surface area contributed by atoms with E-state index in [1.807, 2.05) is 44.2 Å². The fourth-order valence-corrected chi connectivity index (χ4v) is 1.74. The van der Waals surface area contributed by atoms with Gasteiger partial charge in [0.25, 0.3) is 0 Å². The second-order valence-corrected chi connectivity index (χ2v) is 4.02. The first-order chi connectivity index (χ1) is 7.12. The van der Waals surface area contributed by atoms with Gasteiger partial charge in [0.15, 0.2) is 11.9 Å². The summed E-state index contributed by atoms with van der Waals surface area (Å²) in [4.78, 5) is 0. The van der Waals surface area contributed by atoms with Gasteiger partial charge in [-0.3, -0.25) is 0 Å². The molecule has 0 N–H and O–H groups in total. The number of hydrogen-bond acceptors (Lipinski definition) is 3. The molecule has 0 aliphatic carbocycles. The molecule has 1 aliphatic heterocycles. The van der Waals surface area contributed by atoms with E-state index in [0.29, 0.717) is 0 Å². The Bertz CT molecular complexity index is 380. The molecule has 78 valence electrons. The first-order valence-corrected chi connectivity index (χ1v) is 4.92. The van der Waals surface area contributed by atoms with Crippen molar-refractivity contribution in [3.8, 4) is 6.07 Å². The van der Waals surface area contributed by atoms with Crippen LogP contribution in [0.25, 0.3) is 0 Å². The van der Waals surface area contributed by atoms with E-state index in [1.54, 1.807) is 0 Å². The minimum atomic E-state index is -0.680. The minimum Gasteiger partial charge on any atom is -0.339 e.